The number of nitrogens with one attached hydrogen (secondary N) is 2. The van der Waals surface area contributed by atoms with Gasteiger partial charge >= 0.3 is 0 Å². The number of carbonyl (C=O) groups is 2. The van der Waals surface area contributed by atoms with Crippen molar-refractivity contribution in [3.8, 4) is 0 Å². The first kappa shape index (κ1) is 15.5. The van der Waals surface area contributed by atoms with E-state index in [-0.39, 0.29) is 23.9 Å². The molecule has 0 aromatic carbocycles. The molecule has 22 heavy (non-hydrogen) atoms. The van der Waals surface area contributed by atoms with E-state index in [1.165, 1.54) is 0 Å². The van der Waals surface area contributed by atoms with Gasteiger partial charge in [0, 0.05) is 24.0 Å². The Bertz CT molecular complexity index is 534. The van der Waals surface area contributed by atoms with Gasteiger partial charge in [0.25, 0.3) is 0 Å². The highest BCUT2D eigenvalue weighted by Gasteiger charge is 2.40. The summed E-state index contributed by atoms with van der Waals surface area (Å²) >= 11 is 1.56. The predicted octanol–water partition coefficient (Wildman–Crippen LogP) is -0.269. The number of aliphatic hydroxyl groups is 1. The average Bonchev–Trinajstić information content (AvgIpc) is 3.10. The van der Waals surface area contributed by atoms with E-state index in [1.54, 1.807) is 11.3 Å². The molecule has 1 aliphatic carbocycles. The predicted molar refractivity (Wildman–Crippen MR) is 83.6 cm³/mol. The number of nitrogens with zero attached hydrogens (tertiary/aromatic N) is 1. The highest BCUT2D eigenvalue weighted by molar-refractivity contribution is 7.10. The van der Waals surface area contributed by atoms with E-state index in [9.17, 15) is 14.7 Å². The number of aliphatic hydroxyl groups excluding tert-OH is 1. The minimum atomic E-state index is -0.613. The van der Waals surface area contributed by atoms with Crippen molar-refractivity contribution >= 4 is 23.2 Å². The highest BCUT2D eigenvalue weighted by atomic mass is 32.1. The van der Waals surface area contributed by atoms with Crippen molar-refractivity contribution in [2.24, 2.45) is 0 Å². The van der Waals surface area contributed by atoms with E-state index in [0.29, 0.717) is 19.5 Å². The standard InChI is InChI=1S/C15H21N3O3S/c19-13(8-10-2-1-7-22-10)17-11-3-4-12(15(11)21)18-6-5-16-14(20)9-18/h1-2,7,11-12,15,21H,3-6,8-9H2,(H,16,20)(H,17,19)/t11-,12-,15-/m1/s1. The van der Waals surface area contributed by atoms with Gasteiger partial charge in [-0.3, -0.25) is 14.5 Å². The van der Waals surface area contributed by atoms with Crippen LogP contribution in [0.15, 0.2) is 17.5 Å². The summed E-state index contributed by atoms with van der Waals surface area (Å²) in [6.07, 6.45) is 1.30. The molecule has 1 aromatic rings. The third kappa shape index (κ3) is 3.48. The van der Waals surface area contributed by atoms with E-state index in [4.69, 9.17) is 0 Å². The first-order chi connectivity index (χ1) is 10.6. The molecule has 0 bridgehead atoms. The Morgan fingerprint density at radius 3 is 3.09 bits per heavy atom. The van der Waals surface area contributed by atoms with Crippen molar-refractivity contribution in [2.75, 3.05) is 19.6 Å². The van der Waals surface area contributed by atoms with Gasteiger partial charge in [-0.2, -0.15) is 0 Å². The molecular weight excluding hydrogens is 302 g/mol. The van der Waals surface area contributed by atoms with Crippen molar-refractivity contribution in [3.05, 3.63) is 22.4 Å². The maximum atomic E-state index is 12.1. The average molecular weight is 323 g/mol. The summed E-state index contributed by atoms with van der Waals surface area (Å²) in [4.78, 5) is 26.6. The first-order valence-electron chi connectivity index (χ1n) is 7.64. The number of piperazine rings is 1. The normalized spacial score (nSPS) is 29.3. The summed E-state index contributed by atoms with van der Waals surface area (Å²) in [7, 11) is 0. The molecule has 0 radical (unpaired) electrons. The maximum absolute atomic E-state index is 12.1. The second kappa shape index (κ2) is 6.76. The fourth-order valence-corrected chi connectivity index (χ4v) is 3.99. The van der Waals surface area contributed by atoms with Gasteiger partial charge < -0.3 is 15.7 Å². The molecule has 2 heterocycles. The van der Waals surface area contributed by atoms with E-state index >= 15 is 0 Å². The Hall–Kier alpha value is -1.44. The van der Waals surface area contributed by atoms with Gasteiger partial charge in [0.15, 0.2) is 0 Å². The van der Waals surface area contributed by atoms with Gasteiger partial charge in [-0.25, -0.2) is 0 Å². The van der Waals surface area contributed by atoms with Crippen molar-refractivity contribution in [1.29, 1.82) is 0 Å². The molecule has 120 valence electrons. The van der Waals surface area contributed by atoms with Crippen LogP contribution in [0.4, 0.5) is 0 Å². The Balaban J connectivity index is 1.53. The molecule has 6 nitrogen and oxygen atoms in total. The van der Waals surface area contributed by atoms with Crippen LogP contribution in [0.1, 0.15) is 17.7 Å². The SMILES string of the molecule is O=C1CN([C@@H]2CC[C@@H](NC(=O)Cc3cccs3)[C@H]2O)CCN1. The summed E-state index contributed by atoms with van der Waals surface area (Å²) in [5.74, 6) is -0.0489. The van der Waals surface area contributed by atoms with Crippen LogP contribution in [0.25, 0.3) is 0 Å². The Morgan fingerprint density at radius 1 is 1.50 bits per heavy atom. The molecule has 3 rings (SSSR count). The van der Waals surface area contributed by atoms with Crippen molar-refractivity contribution < 1.29 is 14.7 Å². The van der Waals surface area contributed by atoms with E-state index in [0.717, 1.165) is 24.3 Å². The maximum Gasteiger partial charge on any atom is 0.234 e. The molecule has 2 aliphatic rings. The van der Waals surface area contributed by atoms with Crippen LogP contribution >= 0.6 is 11.3 Å². The van der Waals surface area contributed by atoms with Crippen LogP contribution in [0.2, 0.25) is 0 Å². The van der Waals surface area contributed by atoms with Crippen molar-refractivity contribution in [1.82, 2.24) is 15.5 Å². The topological polar surface area (TPSA) is 81.7 Å². The van der Waals surface area contributed by atoms with Crippen LogP contribution in [0, 0.1) is 0 Å². The van der Waals surface area contributed by atoms with Gasteiger partial charge in [0.05, 0.1) is 25.1 Å². The summed E-state index contributed by atoms with van der Waals surface area (Å²) in [6.45, 7) is 1.71. The molecule has 1 aliphatic heterocycles. The molecule has 2 amide bonds. The van der Waals surface area contributed by atoms with Gasteiger partial charge in [-0.1, -0.05) is 6.07 Å². The van der Waals surface area contributed by atoms with E-state index in [1.807, 2.05) is 22.4 Å². The van der Waals surface area contributed by atoms with Crippen molar-refractivity contribution in [3.63, 3.8) is 0 Å². The van der Waals surface area contributed by atoms with Crippen molar-refractivity contribution in [2.45, 2.75) is 37.5 Å². The molecule has 3 atom stereocenters. The number of hydrogen-bond donors (Lipinski definition) is 3. The third-order valence-corrected chi connectivity index (χ3v) is 5.25. The smallest absolute Gasteiger partial charge is 0.234 e. The summed E-state index contributed by atoms with van der Waals surface area (Å²) in [5.41, 5.74) is 0. The lowest BCUT2D eigenvalue weighted by molar-refractivity contribution is -0.126. The fourth-order valence-electron chi connectivity index (χ4n) is 3.29. The minimum Gasteiger partial charge on any atom is -0.389 e. The van der Waals surface area contributed by atoms with E-state index < -0.39 is 6.10 Å². The number of thiophene rings is 1. The van der Waals surface area contributed by atoms with Gasteiger partial charge in [0.2, 0.25) is 11.8 Å². The largest absolute Gasteiger partial charge is 0.389 e. The highest BCUT2D eigenvalue weighted by Crippen LogP contribution is 2.25. The molecule has 0 unspecified atom stereocenters. The quantitative estimate of drug-likeness (QED) is 0.712. The van der Waals surface area contributed by atoms with Crippen LogP contribution < -0.4 is 10.6 Å². The van der Waals surface area contributed by atoms with Gasteiger partial charge in [-0.05, 0) is 24.3 Å². The van der Waals surface area contributed by atoms with Gasteiger partial charge in [0.1, 0.15) is 0 Å². The molecular formula is C15H21N3O3S. The Kier molecular flexibility index (Phi) is 4.75. The zero-order valence-corrected chi connectivity index (χ0v) is 13.1. The van der Waals surface area contributed by atoms with E-state index in [2.05, 4.69) is 10.6 Å². The summed E-state index contributed by atoms with van der Waals surface area (Å²) in [5, 5.41) is 18.2. The number of amides is 2. The second-order valence-corrected chi connectivity index (χ2v) is 6.92. The lowest BCUT2D eigenvalue weighted by atomic mass is 10.1. The molecule has 0 spiro atoms. The lowest BCUT2D eigenvalue weighted by Crippen LogP contribution is -2.55. The summed E-state index contributed by atoms with van der Waals surface area (Å²) in [6, 6.07) is 3.60. The molecule has 7 heteroatoms. The molecule has 2 fully saturated rings. The number of hydrogen-bond acceptors (Lipinski definition) is 5. The van der Waals surface area contributed by atoms with Crippen LogP contribution in [-0.2, 0) is 16.0 Å². The zero-order valence-electron chi connectivity index (χ0n) is 12.3. The van der Waals surface area contributed by atoms with Crippen LogP contribution in [-0.4, -0.2) is 59.6 Å². The molecule has 3 N–H and O–H groups in total. The Morgan fingerprint density at radius 2 is 2.36 bits per heavy atom. The molecule has 1 saturated carbocycles. The fraction of sp³-hybridized carbons (Fsp3) is 0.600. The zero-order chi connectivity index (χ0) is 15.5. The van der Waals surface area contributed by atoms with Crippen LogP contribution in [0.3, 0.4) is 0 Å². The minimum absolute atomic E-state index is 0.00336. The molecule has 1 aromatic heterocycles. The lowest BCUT2D eigenvalue weighted by Gasteiger charge is -2.34. The number of rotatable bonds is 4. The number of carbonyl (C=O) groups excluding carboxylic acids is 2. The Labute approximate surface area is 133 Å². The first-order valence-corrected chi connectivity index (χ1v) is 8.52. The summed E-state index contributed by atoms with van der Waals surface area (Å²) < 4.78 is 0. The monoisotopic (exact) mass is 323 g/mol. The molecule has 1 saturated heterocycles. The van der Waals surface area contributed by atoms with Crippen LogP contribution in [0.5, 0.6) is 0 Å². The third-order valence-electron chi connectivity index (χ3n) is 4.38. The van der Waals surface area contributed by atoms with Gasteiger partial charge in [-0.15, -0.1) is 11.3 Å². The second-order valence-electron chi connectivity index (χ2n) is 5.89.